The van der Waals surface area contributed by atoms with E-state index in [0.717, 1.165) is 49.7 Å². The second-order valence-corrected chi connectivity index (χ2v) is 16.3. The van der Waals surface area contributed by atoms with Crippen LogP contribution in [0, 0.1) is 37.5 Å². The Kier molecular flexibility index (Phi) is 14.2. The molecular formula is C49H48N6O12. The number of hydrogen-bond acceptors (Lipinski definition) is 15. The molecule has 0 radical (unpaired) electrons. The lowest BCUT2D eigenvalue weighted by atomic mass is 9.95. The Morgan fingerprint density at radius 2 is 1.16 bits per heavy atom. The quantitative estimate of drug-likeness (QED) is 0.100. The maximum absolute atomic E-state index is 11.5. The van der Waals surface area contributed by atoms with Gasteiger partial charge in [0.2, 0.25) is 11.4 Å². The molecule has 3 aromatic carbocycles. The van der Waals surface area contributed by atoms with Gasteiger partial charge in [-0.15, -0.1) is 0 Å². The average molecular weight is 913 g/mol. The van der Waals surface area contributed by atoms with Gasteiger partial charge >= 0.3 is 0 Å². The molecule has 0 aliphatic carbocycles. The number of fused-ring (bicyclic) bond motifs is 2. The Labute approximate surface area is 382 Å². The molecule has 18 nitrogen and oxygen atoms in total. The Morgan fingerprint density at radius 1 is 0.642 bits per heavy atom. The van der Waals surface area contributed by atoms with Crippen LogP contribution in [0.2, 0.25) is 0 Å². The van der Waals surface area contributed by atoms with Gasteiger partial charge in [-0.25, -0.2) is 4.98 Å². The number of nitrogens with zero attached hydrogens (tertiary/aromatic N) is 3. The van der Waals surface area contributed by atoms with Gasteiger partial charge in [0, 0.05) is 46.4 Å². The highest BCUT2D eigenvalue weighted by atomic mass is 16.6. The molecule has 0 bridgehead atoms. The van der Waals surface area contributed by atoms with Gasteiger partial charge in [0.15, 0.2) is 0 Å². The normalized spacial score (nSPS) is 24.7. The fourth-order valence-corrected chi connectivity index (χ4v) is 7.89. The standard InChI is InChI=1S/C28H27N3O6.C21H21N3O6/c1-16-9-24(36-15-17-5-3-2-4-6-17)29-13-21(16)19-10-18(25-20(11-19)12-30-31-25)7-8-22-26(33)28(35)27(34)23(14-32)37-22;1-10-4-17(26)22-8-14(10)12-5-11(18-13(6-12)7-23-24-18)2-3-15-19(27)21(29)20(28)16(9-25)30-15/h2-6,9-13,22-23,26-28,32-35H,14-15H2,1H3,(H,30,31);4-8,15-16,19-21,25,27-29H,9H2,1H3,(H,22,26)(H,23,24)/t22-,23-,26-,27-,28-;15-,16-,19-,20-,21-/m11/s1. The number of nitrogens with one attached hydrogen (secondary N) is 3. The van der Waals surface area contributed by atoms with Crippen LogP contribution in [0.25, 0.3) is 44.1 Å². The van der Waals surface area contributed by atoms with Crippen LogP contribution in [0.3, 0.4) is 0 Å². The Bertz CT molecular complexity index is 3040. The second kappa shape index (κ2) is 20.4. The first-order valence-corrected chi connectivity index (χ1v) is 21.2. The molecule has 0 amide bonds. The lowest BCUT2D eigenvalue weighted by Gasteiger charge is -2.37. The van der Waals surface area contributed by atoms with Gasteiger partial charge in [-0.3, -0.25) is 15.0 Å². The molecule has 67 heavy (non-hydrogen) atoms. The van der Waals surface area contributed by atoms with Crippen LogP contribution >= 0.6 is 0 Å². The lowest BCUT2D eigenvalue weighted by Crippen LogP contribution is -2.58. The van der Waals surface area contributed by atoms with E-state index in [-0.39, 0.29) is 5.56 Å². The zero-order valence-electron chi connectivity index (χ0n) is 36.1. The van der Waals surface area contributed by atoms with E-state index in [2.05, 4.69) is 54.0 Å². The fourth-order valence-electron chi connectivity index (χ4n) is 7.89. The predicted molar refractivity (Wildman–Crippen MR) is 243 cm³/mol. The third-order valence-electron chi connectivity index (χ3n) is 11.6. The SMILES string of the molecule is Cc1cc(=O)[nH]cc1-c1cc(C#C[C@H]2O[C@H](CO)[C@@H](O)[C@H](O)[C@@H]2O)c2[nH]ncc2c1.Cc1cc(OCc2ccccc2)ncc1-c1cc(C#C[C@H]2O[C@H](CO)[C@@H](O)[C@H](O)[C@@H]2O)c2[nH]ncc2c1. The third kappa shape index (κ3) is 10.1. The number of aliphatic hydroxyl groups excluding tert-OH is 8. The summed E-state index contributed by atoms with van der Waals surface area (Å²) in [5.41, 5.74) is 8.59. The van der Waals surface area contributed by atoms with Crippen LogP contribution in [-0.4, -0.2) is 145 Å². The summed E-state index contributed by atoms with van der Waals surface area (Å²) >= 11 is 0. The van der Waals surface area contributed by atoms with Crippen molar-refractivity contribution < 1.29 is 55.1 Å². The van der Waals surface area contributed by atoms with Crippen molar-refractivity contribution in [3.8, 4) is 51.8 Å². The molecule has 0 saturated carbocycles. The minimum atomic E-state index is -1.49. The molecule has 6 heterocycles. The zero-order valence-corrected chi connectivity index (χ0v) is 36.1. The number of aryl methyl sites for hydroxylation is 2. The van der Waals surface area contributed by atoms with Crippen LogP contribution in [-0.2, 0) is 16.1 Å². The molecule has 346 valence electrons. The summed E-state index contributed by atoms with van der Waals surface area (Å²) < 4.78 is 16.8. The van der Waals surface area contributed by atoms with Crippen molar-refractivity contribution in [2.75, 3.05) is 13.2 Å². The fraction of sp³-hybridized carbons (Fsp3) is 0.306. The Hall–Kier alpha value is -6.78. The summed E-state index contributed by atoms with van der Waals surface area (Å²) in [6, 6.07) is 20.9. The predicted octanol–water partition coefficient (Wildman–Crippen LogP) is 1.13. The van der Waals surface area contributed by atoms with Crippen molar-refractivity contribution in [1.82, 2.24) is 30.4 Å². The second-order valence-electron chi connectivity index (χ2n) is 16.3. The summed E-state index contributed by atoms with van der Waals surface area (Å²) in [5, 5.41) is 94.8. The van der Waals surface area contributed by atoms with Gasteiger partial charge in [-0.05, 0) is 65.9 Å². The first kappa shape index (κ1) is 46.7. The van der Waals surface area contributed by atoms with E-state index in [0.29, 0.717) is 34.6 Å². The summed E-state index contributed by atoms with van der Waals surface area (Å²) in [5.74, 6) is 12.1. The Balaban J connectivity index is 0.000000186. The van der Waals surface area contributed by atoms with Gasteiger partial charge in [-0.1, -0.05) is 54.0 Å². The van der Waals surface area contributed by atoms with Crippen molar-refractivity contribution in [1.29, 1.82) is 0 Å². The van der Waals surface area contributed by atoms with E-state index >= 15 is 0 Å². The number of aromatic amines is 3. The number of aliphatic hydroxyl groups is 8. The van der Waals surface area contributed by atoms with Crippen molar-refractivity contribution in [3.63, 3.8) is 0 Å². The largest absolute Gasteiger partial charge is 0.473 e. The molecule has 0 unspecified atom stereocenters. The molecule has 2 saturated heterocycles. The van der Waals surface area contributed by atoms with Crippen molar-refractivity contribution in [2.45, 2.75) is 81.5 Å². The minimum absolute atomic E-state index is 0.191. The molecule has 18 heteroatoms. The highest BCUT2D eigenvalue weighted by Gasteiger charge is 2.44. The third-order valence-corrected chi connectivity index (χ3v) is 11.6. The first-order valence-electron chi connectivity index (χ1n) is 21.2. The lowest BCUT2D eigenvalue weighted by molar-refractivity contribution is -0.214. The number of hydrogen-bond donors (Lipinski definition) is 11. The van der Waals surface area contributed by atoms with Gasteiger partial charge < -0.3 is 60.0 Å². The molecule has 2 aliphatic rings. The van der Waals surface area contributed by atoms with Crippen molar-refractivity contribution in [3.05, 3.63) is 130 Å². The van der Waals surface area contributed by atoms with Gasteiger partial charge in [0.1, 0.15) is 67.6 Å². The number of aromatic nitrogens is 6. The van der Waals surface area contributed by atoms with Crippen LogP contribution in [0.4, 0.5) is 0 Å². The summed E-state index contributed by atoms with van der Waals surface area (Å²) in [4.78, 5) is 18.7. The monoisotopic (exact) mass is 912 g/mol. The molecule has 9 rings (SSSR count). The molecule has 4 aromatic heterocycles. The van der Waals surface area contributed by atoms with Crippen LogP contribution in [0.15, 0.2) is 96.3 Å². The molecule has 7 aromatic rings. The average Bonchev–Trinajstić information content (AvgIpc) is 4.02. The minimum Gasteiger partial charge on any atom is -0.473 e. The summed E-state index contributed by atoms with van der Waals surface area (Å²) in [6.45, 7) is 3.20. The topological polar surface area (TPSA) is 293 Å². The highest BCUT2D eigenvalue weighted by Crippen LogP contribution is 2.31. The molecule has 2 fully saturated rings. The Morgan fingerprint density at radius 3 is 1.67 bits per heavy atom. The van der Waals surface area contributed by atoms with Crippen LogP contribution in [0.5, 0.6) is 5.88 Å². The van der Waals surface area contributed by atoms with Gasteiger partial charge in [0.25, 0.3) is 0 Å². The van der Waals surface area contributed by atoms with E-state index in [9.17, 15) is 45.6 Å². The van der Waals surface area contributed by atoms with E-state index in [1.54, 1.807) is 24.8 Å². The maximum Gasteiger partial charge on any atom is 0.248 e. The summed E-state index contributed by atoms with van der Waals surface area (Å²) in [6.07, 6.45) is -6.22. The maximum atomic E-state index is 11.5. The number of H-pyrrole nitrogens is 3. The smallest absolute Gasteiger partial charge is 0.248 e. The number of ether oxygens (including phenoxy) is 3. The molecule has 2 aliphatic heterocycles. The number of rotatable bonds is 7. The number of pyridine rings is 2. The molecular weight excluding hydrogens is 865 g/mol. The molecule has 0 spiro atoms. The van der Waals surface area contributed by atoms with E-state index in [4.69, 9.17) is 14.2 Å². The van der Waals surface area contributed by atoms with Crippen molar-refractivity contribution in [2.24, 2.45) is 0 Å². The number of benzene rings is 3. The van der Waals surface area contributed by atoms with Crippen LogP contribution in [0.1, 0.15) is 27.8 Å². The summed E-state index contributed by atoms with van der Waals surface area (Å²) in [7, 11) is 0. The molecule has 11 N–H and O–H groups in total. The zero-order chi connectivity index (χ0) is 47.4. The molecule has 10 atom stereocenters. The van der Waals surface area contributed by atoms with Crippen molar-refractivity contribution >= 4 is 21.8 Å². The van der Waals surface area contributed by atoms with Gasteiger partial charge in [0.05, 0.1) is 47.8 Å². The first-order chi connectivity index (χ1) is 32.3. The van der Waals surface area contributed by atoms with Crippen LogP contribution < -0.4 is 10.3 Å². The van der Waals surface area contributed by atoms with E-state index in [1.165, 1.54) is 6.07 Å². The van der Waals surface area contributed by atoms with Gasteiger partial charge in [-0.2, -0.15) is 10.2 Å². The highest BCUT2D eigenvalue weighted by molar-refractivity contribution is 5.91. The van der Waals surface area contributed by atoms with E-state index in [1.807, 2.05) is 74.5 Å². The van der Waals surface area contributed by atoms with E-state index < -0.39 is 74.3 Å².